The van der Waals surface area contributed by atoms with Gasteiger partial charge in [0.2, 0.25) is 0 Å². The Balaban J connectivity index is 2.69. The molecule has 88 valence electrons. The van der Waals surface area contributed by atoms with Gasteiger partial charge in [-0.2, -0.15) is 0 Å². The average Bonchev–Trinajstić information content (AvgIpc) is 2.29. The number of nitrogens with zero attached hydrogens (tertiary/aromatic N) is 1. The molecular weight excluding hydrogens is 249 g/mol. The van der Waals surface area contributed by atoms with E-state index in [1.165, 1.54) is 7.11 Å². The Kier molecular flexibility index (Phi) is 4.90. The number of carbonyl (C=O) groups excluding carboxylic acids is 1. The van der Waals surface area contributed by atoms with Crippen LogP contribution in [0.5, 0.6) is 0 Å². The minimum atomic E-state index is -0.245. The summed E-state index contributed by atoms with van der Waals surface area (Å²) < 4.78 is 4.57. The number of halogens is 2. The van der Waals surface area contributed by atoms with Gasteiger partial charge in [0.25, 0.3) is 0 Å². The van der Waals surface area contributed by atoms with E-state index in [0.29, 0.717) is 23.0 Å². The second-order valence-corrected chi connectivity index (χ2v) is 4.11. The zero-order valence-corrected chi connectivity index (χ0v) is 10.7. The van der Waals surface area contributed by atoms with Crippen LogP contribution in [0.15, 0.2) is 18.2 Å². The highest BCUT2D eigenvalue weighted by Crippen LogP contribution is 2.31. The molecule has 0 aliphatic carbocycles. The van der Waals surface area contributed by atoms with Gasteiger partial charge in [-0.15, -0.1) is 0 Å². The van der Waals surface area contributed by atoms with Crippen molar-refractivity contribution in [2.75, 3.05) is 25.6 Å². The van der Waals surface area contributed by atoms with Gasteiger partial charge in [-0.05, 0) is 12.1 Å². The lowest BCUT2D eigenvalue weighted by molar-refractivity contribution is -0.140. The van der Waals surface area contributed by atoms with E-state index in [2.05, 4.69) is 4.74 Å². The van der Waals surface area contributed by atoms with Crippen LogP contribution >= 0.6 is 23.2 Å². The van der Waals surface area contributed by atoms with Crippen molar-refractivity contribution in [2.45, 2.75) is 6.42 Å². The molecule has 3 nitrogen and oxygen atoms in total. The Hall–Kier alpha value is -0.930. The van der Waals surface area contributed by atoms with E-state index in [-0.39, 0.29) is 5.97 Å². The third kappa shape index (κ3) is 3.29. The van der Waals surface area contributed by atoms with Gasteiger partial charge in [-0.3, -0.25) is 4.79 Å². The van der Waals surface area contributed by atoms with E-state index >= 15 is 0 Å². The largest absolute Gasteiger partial charge is 0.469 e. The smallest absolute Gasteiger partial charge is 0.307 e. The maximum absolute atomic E-state index is 11.0. The fraction of sp³-hybridized carbons (Fsp3) is 0.364. The molecule has 0 fully saturated rings. The number of benzene rings is 1. The van der Waals surface area contributed by atoms with Crippen molar-refractivity contribution >= 4 is 34.9 Å². The first kappa shape index (κ1) is 13.1. The number of esters is 1. The topological polar surface area (TPSA) is 29.5 Å². The summed E-state index contributed by atoms with van der Waals surface area (Å²) in [4.78, 5) is 12.9. The van der Waals surface area contributed by atoms with Gasteiger partial charge in [0.1, 0.15) is 0 Å². The van der Waals surface area contributed by atoms with Crippen LogP contribution in [0.1, 0.15) is 6.42 Å². The molecule has 16 heavy (non-hydrogen) atoms. The van der Waals surface area contributed by atoms with Crippen LogP contribution in [-0.4, -0.2) is 26.7 Å². The summed E-state index contributed by atoms with van der Waals surface area (Å²) in [5.74, 6) is -0.245. The van der Waals surface area contributed by atoms with Crippen molar-refractivity contribution in [1.82, 2.24) is 0 Å². The molecule has 0 heterocycles. The molecule has 0 saturated heterocycles. The van der Waals surface area contributed by atoms with Gasteiger partial charge < -0.3 is 9.64 Å². The predicted octanol–water partition coefficient (Wildman–Crippen LogP) is 2.99. The van der Waals surface area contributed by atoms with Crippen molar-refractivity contribution in [3.63, 3.8) is 0 Å². The van der Waals surface area contributed by atoms with Crippen LogP contribution < -0.4 is 4.90 Å². The lowest BCUT2D eigenvalue weighted by Crippen LogP contribution is -2.21. The van der Waals surface area contributed by atoms with Gasteiger partial charge in [0, 0.05) is 13.6 Å². The first-order chi connectivity index (χ1) is 7.56. The Morgan fingerprint density at radius 2 is 2.12 bits per heavy atom. The highest BCUT2D eigenvalue weighted by atomic mass is 35.5. The van der Waals surface area contributed by atoms with Crippen LogP contribution in [0.2, 0.25) is 10.0 Å². The molecule has 5 heteroatoms. The van der Waals surface area contributed by atoms with Crippen molar-refractivity contribution in [3.8, 4) is 0 Å². The zero-order valence-electron chi connectivity index (χ0n) is 9.17. The van der Waals surface area contributed by atoms with Gasteiger partial charge in [-0.25, -0.2) is 0 Å². The Labute approximate surface area is 105 Å². The van der Waals surface area contributed by atoms with Gasteiger partial charge >= 0.3 is 5.97 Å². The molecule has 0 N–H and O–H groups in total. The van der Waals surface area contributed by atoms with E-state index in [0.717, 1.165) is 5.69 Å². The molecule has 0 aliphatic heterocycles. The lowest BCUT2D eigenvalue weighted by Gasteiger charge is -2.20. The molecule has 0 aliphatic rings. The average molecular weight is 262 g/mol. The maximum Gasteiger partial charge on any atom is 0.307 e. The van der Waals surface area contributed by atoms with Gasteiger partial charge in [0.15, 0.2) is 0 Å². The molecule has 0 aromatic heterocycles. The second-order valence-electron chi connectivity index (χ2n) is 3.32. The number of hydrogen-bond donors (Lipinski definition) is 0. The number of methoxy groups -OCH3 is 1. The zero-order chi connectivity index (χ0) is 12.1. The number of hydrogen-bond acceptors (Lipinski definition) is 3. The number of carbonyl (C=O) groups is 1. The minimum Gasteiger partial charge on any atom is -0.469 e. The monoisotopic (exact) mass is 261 g/mol. The quantitative estimate of drug-likeness (QED) is 0.781. The van der Waals surface area contributed by atoms with Crippen molar-refractivity contribution in [3.05, 3.63) is 28.2 Å². The first-order valence-electron chi connectivity index (χ1n) is 4.78. The summed E-state index contributed by atoms with van der Waals surface area (Å²) in [7, 11) is 3.22. The number of anilines is 1. The molecule has 1 aromatic carbocycles. The van der Waals surface area contributed by atoms with Crippen molar-refractivity contribution in [1.29, 1.82) is 0 Å². The van der Waals surface area contributed by atoms with E-state index < -0.39 is 0 Å². The molecule has 0 bridgehead atoms. The third-order valence-corrected chi connectivity index (χ3v) is 3.03. The first-order valence-corrected chi connectivity index (χ1v) is 5.54. The van der Waals surface area contributed by atoms with Crippen LogP contribution in [0.4, 0.5) is 5.69 Å². The van der Waals surface area contributed by atoms with E-state index in [1.807, 2.05) is 24.1 Å². The highest BCUT2D eigenvalue weighted by molar-refractivity contribution is 6.43. The molecule has 1 aromatic rings. The summed E-state index contributed by atoms with van der Waals surface area (Å²) in [6, 6.07) is 5.39. The van der Waals surface area contributed by atoms with Crippen LogP contribution in [-0.2, 0) is 9.53 Å². The number of ether oxygens (including phenoxy) is 1. The summed E-state index contributed by atoms with van der Waals surface area (Å²) in [5, 5.41) is 1.00. The van der Waals surface area contributed by atoms with Gasteiger partial charge in [-0.1, -0.05) is 29.3 Å². The van der Waals surface area contributed by atoms with Crippen molar-refractivity contribution in [2.24, 2.45) is 0 Å². The van der Waals surface area contributed by atoms with Crippen molar-refractivity contribution < 1.29 is 9.53 Å². The fourth-order valence-electron chi connectivity index (χ4n) is 1.27. The summed E-state index contributed by atoms with van der Waals surface area (Å²) in [6.07, 6.45) is 0.315. The molecule has 0 amide bonds. The Bertz CT molecular complexity index is 382. The lowest BCUT2D eigenvalue weighted by atomic mass is 10.3. The van der Waals surface area contributed by atoms with E-state index in [9.17, 15) is 4.79 Å². The third-order valence-electron chi connectivity index (χ3n) is 2.22. The SMILES string of the molecule is COC(=O)CCN(C)c1cccc(Cl)c1Cl. The fourth-order valence-corrected chi connectivity index (χ4v) is 1.71. The predicted molar refractivity (Wildman–Crippen MR) is 66.4 cm³/mol. The molecule has 0 saturated carbocycles. The molecular formula is C11H13Cl2NO2. The van der Waals surface area contributed by atoms with E-state index in [4.69, 9.17) is 23.2 Å². The highest BCUT2D eigenvalue weighted by Gasteiger charge is 2.10. The standard InChI is InChI=1S/C11H13Cl2NO2/c1-14(7-6-10(15)16-2)9-5-3-4-8(12)11(9)13/h3-5H,6-7H2,1-2H3. The van der Waals surface area contributed by atoms with Crippen LogP contribution in [0.3, 0.4) is 0 Å². The molecule has 1 rings (SSSR count). The number of rotatable bonds is 4. The normalized spacial score (nSPS) is 10.0. The van der Waals surface area contributed by atoms with E-state index in [1.54, 1.807) is 6.07 Å². The van der Waals surface area contributed by atoms with Gasteiger partial charge in [0.05, 0.1) is 29.3 Å². The molecule has 0 spiro atoms. The Morgan fingerprint density at radius 3 is 2.75 bits per heavy atom. The second kappa shape index (κ2) is 5.97. The molecule has 0 radical (unpaired) electrons. The Morgan fingerprint density at radius 1 is 1.44 bits per heavy atom. The summed E-state index contributed by atoms with van der Waals surface area (Å²) in [5.41, 5.74) is 0.804. The molecule has 0 atom stereocenters. The van der Waals surface area contributed by atoms with Crippen LogP contribution in [0, 0.1) is 0 Å². The summed E-state index contributed by atoms with van der Waals surface area (Å²) in [6.45, 7) is 0.534. The summed E-state index contributed by atoms with van der Waals surface area (Å²) >= 11 is 11.9. The van der Waals surface area contributed by atoms with Crippen LogP contribution in [0.25, 0.3) is 0 Å². The minimum absolute atomic E-state index is 0.245. The molecule has 0 unspecified atom stereocenters. The maximum atomic E-state index is 11.0.